The number of likely N-dealkylation sites (N-methyl/N-ethyl adjacent to an activating group) is 1. The Morgan fingerprint density at radius 3 is 2.67 bits per heavy atom. The highest BCUT2D eigenvalue weighted by Crippen LogP contribution is 2.42. The fourth-order valence-electron chi connectivity index (χ4n) is 3.52. The molecule has 0 saturated carbocycles. The topological polar surface area (TPSA) is 38.5 Å². The van der Waals surface area contributed by atoms with E-state index in [0.29, 0.717) is 18.2 Å². The van der Waals surface area contributed by atoms with Crippen LogP contribution < -0.4 is 5.73 Å². The molecule has 3 rings (SSSR count). The Morgan fingerprint density at radius 1 is 1.28 bits per heavy atom. The van der Waals surface area contributed by atoms with Gasteiger partial charge in [0.25, 0.3) is 0 Å². The summed E-state index contributed by atoms with van der Waals surface area (Å²) in [7, 11) is 2.22. The lowest BCUT2D eigenvalue weighted by molar-refractivity contribution is 0.0664. The molecular weight excluding hydrogens is 224 g/mol. The molecule has 0 amide bonds. The van der Waals surface area contributed by atoms with Crippen LogP contribution >= 0.6 is 0 Å². The van der Waals surface area contributed by atoms with Gasteiger partial charge in [-0.25, -0.2) is 0 Å². The average Bonchev–Trinajstić information content (AvgIpc) is 2.94. The minimum Gasteiger partial charge on any atom is -0.377 e. The normalized spacial score (nSPS) is 35.1. The van der Waals surface area contributed by atoms with E-state index in [1.165, 1.54) is 11.1 Å². The molecule has 1 aromatic carbocycles. The Kier molecular flexibility index (Phi) is 3.14. The molecule has 1 aromatic rings. The van der Waals surface area contributed by atoms with Crippen LogP contribution in [0.25, 0.3) is 0 Å². The van der Waals surface area contributed by atoms with Gasteiger partial charge in [0.05, 0.1) is 6.10 Å². The maximum absolute atomic E-state index is 6.25. The first-order valence-corrected chi connectivity index (χ1v) is 6.86. The van der Waals surface area contributed by atoms with Crippen molar-refractivity contribution in [3.8, 4) is 0 Å². The highest BCUT2D eigenvalue weighted by atomic mass is 16.5. The van der Waals surface area contributed by atoms with Crippen molar-refractivity contribution in [2.45, 2.75) is 44.0 Å². The number of benzene rings is 1. The number of nitrogens with two attached hydrogens (primary N) is 1. The van der Waals surface area contributed by atoms with Crippen molar-refractivity contribution in [2.24, 2.45) is 5.73 Å². The fourth-order valence-corrected chi connectivity index (χ4v) is 3.52. The third-order valence-corrected chi connectivity index (χ3v) is 4.58. The van der Waals surface area contributed by atoms with Crippen LogP contribution in [0, 0.1) is 0 Å². The van der Waals surface area contributed by atoms with Gasteiger partial charge in [-0.2, -0.15) is 0 Å². The zero-order valence-corrected chi connectivity index (χ0v) is 11.2. The zero-order valence-electron chi connectivity index (χ0n) is 11.2. The second kappa shape index (κ2) is 4.65. The van der Waals surface area contributed by atoms with E-state index < -0.39 is 0 Å². The van der Waals surface area contributed by atoms with E-state index >= 15 is 0 Å². The first-order valence-electron chi connectivity index (χ1n) is 6.86. The summed E-state index contributed by atoms with van der Waals surface area (Å²) in [5.41, 5.74) is 8.98. The van der Waals surface area contributed by atoms with Crippen LogP contribution in [0.1, 0.15) is 43.0 Å². The van der Waals surface area contributed by atoms with Crippen molar-refractivity contribution < 1.29 is 4.74 Å². The second-order valence-electron chi connectivity index (χ2n) is 5.58. The van der Waals surface area contributed by atoms with Gasteiger partial charge in [-0.3, -0.25) is 4.90 Å². The molecule has 0 spiro atoms. The number of ether oxygens (including phenoxy) is 1. The second-order valence-corrected chi connectivity index (χ2v) is 5.58. The summed E-state index contributed by atoms with van der Waals surface area (Å²) in [5.74, 6) is 0. The summed E-state index contributed by atoms with van der Waals surface area (Å²) in [5, 5.41) is 0. The number of hydrogen-bond donors (Lipinski definition) is 1. The van der Waals surface area contributed by atoms with E-state index in [1.54, 1.807) is 0 Å². The minimum atomic E-state index is 0.186. The van der Waals surface area contributed by atoms with E-state index in [0.717, 1.165) is 19.4 Å². The molecule has 3 nitrogen and oxygen atoms in total. The predicted molar refractivity (Wildman–Crippen MR) is 72.3 cm³/mol. The van der Waals surface area contributed by atoms with Crippen LogP contribution in [0.3, 0.4) is 0 Å². The standard InChI is InChI=1S/C15H22N2O/c1-10-14(7-8-18-10)17(2)15-9-13(16)11-5-3-4-6-12(11)15/h3-6,10,13-15H,7-9,16H2,1-2H3. The summed E-state index contributed by atoms with van der Waals surface area (Å²) in [4.78, 5) is 2.48. The molecule has 3 heteroatoms. The molecule has 2 N–H and O–H groups in total. The van der Waals surface area contributed by atoms with E-state index in [4.69, 9.17) is 10.5 Å². The molecule has 0 bridgehead atoms. The fraction of sp³-hybridized carbons (Fsp3) is 0.600. The molecular formula is C15H22N2O. The van der Waals surface area contributed by atoms with E-state index in [-0.39, 0.29) is 6.04 Å². The van der Waals surface area contributed by atoms with Crippen LogP contribution in [0.4, 0.5) is 0 Å². The van der Waals surface area contributed by atoms with Crippen molar-refractivity contribution in [3.63, 3.8) is 0 Å². The third-order valence-electron chi connectivity index (χ3n) is 4.58. The molecule has 0 aromatic heterocycles. The van der Waals surface area contributed by atoms with Crippen LogP contribution in [-0.2, 0) is 4.74 Å². The first-order chi connectivity index (χ1) is 8.68. The lowest BCUT2D eigenvalue weighted by Gasteiger charge is -2.32. The van der Waals surface area contributed by atoms with Crippen molar-refractivity contribution in [1.29, 1.82) is 0 Å². The molecule has 4 unspecified atom stereocenters. The monoisotopic (exact) mass is 246 g/mol. The van der Waals surface area contributed by atoms with Crippen molar-refractivity contribution >= 4 is 0 Å². The number of fused-ring (bicyclic) bond motifs is 1. The summed E-state index contributed by atoms with van der Waals surface area (Å²) in [6, 6.07) is 9.76. The highest BCUT2D eigenvalue weighted by molar-refractivity contribution is 5.37. The van der Waals surface area contributed by atoms with Crippen molar-refractivity contribution in [2.75, 3.05) is 13.7 Å². The molecule has 4 atom stereocenters. The Labute approximate surface area is 109 Å². The minimum absolute atomic E-state index is 0.186. The van der Waals surface area contributed by atoms with Gasteiger partial charge in [0.15, 0.2) is 0 Å². The van der Waals surface area contributed by atoms with Crippen LogP contribution in [0.5, 0.6) is 0 Å². The van der Waals surface area contributed by atoms with Crippen LogP contribution in [0.2, 0.25) is 0 Å². The van der Waals surface area contributed by atoms with E-state index in [2.05, 4.69) is 43.1 Å². The SMILES string of the molecule is CC1OCCC1N(C)C1CC(N)c2ccccc21. The quantitative estimate of drug-likeness (QED) is 0.869. The van der Waals surface area contributed by atoms with Crippen molar-refractivity contribution in [3.05, 3.63) is 35.4 Å². The molecule has 1 aliphatic carbocycles. The van der Waals surface area contributed by atoms with Gasteiger partial charge in [-0.15, -0.1) is 0 Å². The number of hydrogen-bond acceptors (Lipinski definition) is 3. The first kappa shape index (κ1) is 12.2. The Balaban J connectivity index is 1.86. The van der Waals surface area contributed by atoms with E-state index in [1.807, 2.05) is 0 Å². The van der Waals surface area contributed by atoms with Gasteiger partial charge in [-0.1, -0.05) is 24.3 Å². The maximum Gasteiger partial charge on any atom is 0.0703 e. The Bertz CT molecular complexity index is 434. The largest absolute Gasteiger partial charge is 0.377 e. The van der Waals surface area contributed by atoms with Gasteiger partial charge in [0.1, 0.15) is 0 Å². The van der Waals surface area contributed by atoms with E-state index in [9.17, 15) is 0 Å². The molecule has 18 heavy (non-hydrogen) atoms. The molecule has 98 valence electrons. The smallest absolute Gasteiger partial charge is 0.0703 e. The van der Waals surface area contributed by atoms with Gasteiger partial charge >= 0.3 is 0 Å². The van der Waals surface area contributed by atoms with Gasteiger partial charge < -0.3 is 10.5 Å². The third kappa shape index (κ3) is 1.87. The lowest BCUT2D eigenvalue weighted by Crippen LogP contribution is -2.38. The average molecular weight is 246 g/mol. The molecule has 1 heterocycles. The molecule has 1 saturated heterocycles. The zero-order chi connectivity index (χ0) is 12.7. The molecule has 1 aliphatic heterocycles. The Morgan fingerprint density at radius 2 is 2.00 bits per heavy atom. The number of nitrogens with zero attached hydrogens (tertiary/aromatic N) is 1. The van der Waals surface area contributed by atoms with Crippen LogP contribution in [-0.4, -0.2) is 30.7 Å². The maximum atomic E-state index is 6.25. The van der Waals surface area contributed by atoms with Crippen molar-refractivity contribution in [1.82, 2.24) is 4.90 Å². The summed E-state index contributed by atoms with van der Waals surface area (Å²) in [6.07, 6.45) is 2.49. The molecule has 0 radical (unpaired) electrons. The van der Waals surface area contributed by atoms with Gasteiger partial charge in [0.2, 0.25) is 0 Å². The highest BCUT2D eigenvalue weighted by Gasteiger charge is 2.37. The van der Waals surface area contributed by atoms with Crippen LogP contribution in [0.15, 0.2) is 24.3 Å². The number of rotatable bonds is 2. The summed E-state index contributed by atoms with van der Waals surface area (Å²) in [6.45, 7) is 3.06. The summed E-state index contributed by atoms with van der Waals surface area (Å²) >= 11 is 0. The van der Waals surface area contributed by atoms with Gasteiger partial charge in [-0.05, 0) is 37.9 Å². The Hall–Kier alpha value is -0.900. The molecule has 2 aliphatic rings. The van der Waals surface area contributed by atoms with Gasteiger partial charge in [0, 0.05) is 24.7 Å². The predicted octanol–water partition coefficient (Wildman–Crippen LogP) is 2.24. The summed E-state index contributed by atoms with van der Waals surface area (Å²) < 4.78 is 5.69. The lowest BCUT2D eigenvalue weighted by atomic mass is 10.0. The molecule has 1 fully saturated rings.